The fourth-order valence-corrected chi connectivity index (χ4v) is 3.32. The Morgan fingerprint density at radius 1 is 1.18 bits per heavy atom. The number of amides is 1. The Morgan fingerprint density at radius 2 is 1.86 bits per heavy atom. The summed E-state index contributed by atoms with van der Waals surface area (Å²) in [6.07, 6.45) is 5.32. The van der Waals surface area contributed by atoms with Gasteiger partial charge < -0.3 is 15.5 Å². The number of anilines is 2. The van der Waals surface area contributed by atoms with Gasteiger partial charge in [0.1, 0.15) is 11.6 Å². The fraction of sp³-hybridized carbons (Fsp3) is 0.421. The molecule has 1 heterocycles. The van der Waals surface area contributed by atoms with Crippen LogP contribution in [0, 0.1) is 5.82 Å². The molecule has 1 aromatic carbocycles. The van der Waals surface area contributed by atoms with Crippen molar-refractivity contribution >= 4 is 41.7 Å². The Kier molecular flexibility index (Phi) is 7.83. The summed E-state index contributed by atoms with van der Waals surface area (Å²) in [5, 5.41) is 6.41. The smallest absolute Gasteiger partial charge is 0.251 e. The second-order valence-electron chi connectivity index (χ2n) is 6.93. The molecule has 0 radical (unpaired) electrons. The third-order valence-corrected chi connectivity index (χ3v) is 4.93. The molecule has 1 saturated carbocycles. The van der Waals surface area contributed by atoms with E-state index in [0.29, 0.717) is 17.6 Å². The second kappa shape index (κ2) is 9.89. The first-order valence-corrected chi connectivity index (χ1v) is 9.33. The largest absolute Gasteiger partial charge is 0.367 e. The van der Waals surface area contributed by atoms with Gasteiger partial charge in [0.2, 0.25) is 5.95 Å². The van der Waals surface area contributed by atoms with Crippen molar-refractivity contribution in [3.63, 3.8) is 0 Å². The van der Waals surface area contributed by atoms with E-state index in [-0.39, 0.29) is 29.4 Å². The van der Waals surface area contributed by atoms with Crippen molar-refractivity contribution < 1.29 is 9.18 Å². The van der Waals surface area contributed by atoms with Gasteiger partial charge in [-0.25, -0.2) is 9.37 Å². The average molecular weight is 428 g/mol. The lowest BCUT2D eigenvalue weighted by Gasteiger charge is -2.30. The van der Waals surface area contributed by atoms with Crippen LogP contribution >= 0.6 is 24.0 Å². The van der Waals surface area contributed by atoms with Crippen LogP contribution in [0.4, 0.5) is 16.2 Å². The van der Waals surface area contributed by atoms with Gasteiger partial charge in [-0.1, -0.05) is 11.6 Å². The van der Waals surface area contributed by atoms with Crippen LogP contribution in [0.25, 0.3) is 0 Å². The van der Waals surface area contributed by atoms with Crippen molar-refractivity contribution in [1.29, 1.82) is 0 Å². The van der Waals surface area contributed by atoms with Gasteiger partial charge in [0.15, 0.2) is 0 Å². The first-order valence-electron chi connectivity index (χ1n) is 8.95. The molecule has 0 atom stereocenters. The number of hydrogen-bond acceptors (Lipinski definition) is 5. The number of rotatable bonds is 5. The van der Waals surface area contributed by atoms with E-state index >= 15 is 0 Å². The van der Waals surface area contributed by atoms with Crippen LogP contribution in [-0.4, -0.2) is 42.1 Å². The minimum atomic E-state index is -0.526. The molecule has 1 aliphatic carbocycles. The SMILES string of the molecule is CN(C)c1nccc(N[C@H]2CC[C@@H](NC(=O)c3ccc(F)c(Cl)c3)CC2)n1.Cl. The summed E-state index contributed by atoms with van der Waals surface area (Å²) in [6.45, 7) is 0. The fourth-order valence-electron chi connectivity index (χ4n) is 3.14. The number of benzene rings is 1. The molecule has 1 amide bonds. The molecule has 152 valence electrons. The molecule has 6 nitrogen and oxygen atoms in total. The van der Waals surface area contributed by atoms with Gasteiger partial charge >= 0.3 is 0 Å². The van der Waals surface area contributed by atoms with Crippen LogP contribution < -0.4 is 15.5 Å². The number of aromatic nitrogens is 2. The quantitative estimate of drug-likeness (QED) is 0.756. The van der Waals surface area contributed by atoms with Crippen molar-refractivity contribution in [2.24, 2.45) is 0 Å². The zero-order valence-corrected chi connectivity index (χ0v) is 17.4. The number of carbonyl (C=O) groups excluding carboxylic acids is 1. The van der Waals surface area contributed by atoms with Gasteiger partial charge in [0.25, 0.3) is 5.91 Å². The summed E-state index contributed by atoms with van der Waals surface area (Å²) in [4.78, 5) is 22.9. The molecule has 1 aliphatic rings. The number of nitrogens with one attached hydrogen (secondary N) is 2. The number of carbonyl (C=O) groups is 1. The van der Waals surface area contributed by atoms with Crippen molar-refractivity contribution in [3.8, 4) is 0 Å². The molecule has 1 fully saturated rings. The molecular formula is C19H24Cl2FN5O. The summed E-state index contributed by atoms with van der Waals surface area (Å²) in [5.41, 5.74) is 0.374. The van der Waals surface area contributed by atoms with Gasteiger partial charge in [-0.15, -0.1) is 12.4 Å². The summed E-state index contributed by atoms with van der Waals surface area (Å²) in [7, 11) is 3.81. The Hall–Kier alpha value is -2.12. The van der Waals surface area contributed by atoms with Crippen LogP contribution in [0.2, 0.25) is 5.02 Å². The molecule has 2 aromatic rings. The Balaban J connectivity index is 0.00000280. The first-order chi connectivity index (χ1) is 12.9. The Morgan fingerprint density at radius 3 is 2.50 bits per heavy atom. The summed E-state index contributed by atoms with van der Waals surface area (Å²) in [5.74, 6) is 0.725. The van der Waals surface area contributed by atoms with E-state index in [4.69, 9.17) is 11.6 Å². The number of halogens is 3. The third-order valence-electron chi connectivity index (χ3n) is 4.64. The van der Waals surface area contributed by atoms with E-state index in [0.717, 1.165) is 31.5 Å². The lowest BCUT2D eigenvalue weighted by Crippen LogP contribution is -2.40. The topological polar surface area (TPSA) is 70.2 Å². The maximum absolute atomic E-state index is 13.2. The third kappa shape index (κ3) is 5.69. The molecule has 3 rings (SSSR count). The van der Waals surface area contributed by atoms with Crippen molar-refractivity contribution in [2.75, 3.05) is 24.3 Å². The maximum Gasteiger partial charge on any atom is 0.251 e. The molecule has 2 N–H and O–H groups in total. The van der Waals surface area contributed by atoms with Gasteiger partial charge in [-0.05, 0) is 49.9 Å². The van der Waals surface area contributed by atoms with E-state index in [2.05, 4.69) is 20.6 Å². The average Bonchev–Trinajstić information content (AvgIpc) is 2.65. The van der Waals surface area contributed by atoms with Crippen LogP contribution in [0.5, 0.6) is 0 Å². The highest BCUT2D eigenvalue weighted by Gasteiger charge is 2.23. The predicted octanol–water partition coefficient (Wildman–Crippen LogP) is 3.91. The van der Waals surface area contributed by atoms with Crippen molar-refractivity contribution in [2.45, 2.75) is 37.8 Å². The summed E-state index contributed by atoms with van der Waals surface area (Å²) < 4.78 is 13.2. The van der Waals surface area contributed by atoms with Gasteiger partial charge in [0, 0.05) is 37.9 Å². The monoisotopic (exact) mass is 427 g/mol. The molecule has 0 saturated heterocycles. The van der Waals surface area contributed by atoms with E-state index < -0.39 is 5.82 Å². The van der Waals surface area contributed by atoms with E-state index in [1.54, 1.807) is 6.20 Å². The lowest BCUT2D eigenvalue weighted by molar-refractivity contribution is 0.0926. The zero-order valence-electron chi connectivity index (χ0n) is 15.8. The van der Waals surface area contributed by atoms with Crippen molar-refractivity contribution in [3.05, 3.63) is 46.9 Å². The Labute approximate surface area is 175 Å². The molecule has 28 heavy (non-hydrogen) atoms. The molecule has 0 aliphatic heterocycles. The molecule has 1 aromatic heterocycles. The predicted molar refractivity (Wildman–Crippen MR) is 112 cm³/mol. The van der Waals surface area contributed by atoms with Gasteiger partial charge in [-0.3, -0.25) is 4.79 Å². The first kappa shape index (κ1) is 22.2. The highest BCUT2D eigenvalue weighted by atomic mass is 35.5. The van der Waals surface area contributed by atoms with Crippen LogP contribution in [0.15, 0.2) is 30.5 Å². The lowest BCUT2D eigenvalue weighted by atomic mass is 9.91. The number of nitrogens with zero attached hydrogens (tertiary/aromatic N) is 3. The highest BCUT2D eigenvalue weighted by molar-refractivity contribution is 6.31. The summed E-state index contributed by atoms with van der Waals surface area (Å²) >= 11 is 5.75. The van der Waals surface area contributed by atoms with E-state index in [1.165, 1.54) is 18.2 Å². The minimum Gasteiger partial charge on any atom is -0.367 e. The van der Waals surface area contributed by atoms with Gasteiger partial charge in [0.05, 0.1) is 5.02 Å². The van der Waals surface area contributed by atoms with Crippen LogP contribution in [-0.2, 0) is 0 Å². The van der Waals surface area contributed by atoms with Crippen LogP contribution in [0.1, 0.15) is 36.0 Å². The van der Waals surface area contributed by atoms with E-state index in [1.807, 2.05) is 25.1 Å². The molecule has 0 unspecified atom stereocenters. The van der Waals surface area contributed by atoms with Gasteiger partial charge in [-0.2, -0.15) is 4.98 Å². The van der Waals surface area contributed by atoms with Crippen LogP contribution in [0.3, 0.4) is 0 Å². The zero-order chi connectivity index (χ0) is 19.4. The summed E-state index contributed by atoms with van der Waals surface area (Å²) in [6, 6.07) is 6.28. The standard InChI is InChI=1S/C19H23ClFN5O.ClH/c1-26(2)19-22-10-9-17(25-19)23-13-4-6-14(7-5-13)24-18(27)12-3-8-16(21)15(20)11-12;/h3,8-11,13-14H,4-7H2,1-2H3,(H,24,27)(H,22,23,25);1H/t13-,14+;. The minimum absolute atomic E-state index is 0. The number of hydrogen-bond donors (Lipinski definition) is 2. The molecular weight excluding hydrogens is 404 g/mol. The highest BCUT2D eigenvalue weighted by Crippen LogP contribution is 2.23. The van der Waals surface area contributed by atoms with Crippen molar-refractivity contribution in [1.82, 2.24) is 15.3 Å². The molecule has 9 heteroatoms. The normalized spacial score (nSPS) is 18.7. The second-order valence-corrected chi connectivity index (χ2v) is 7.34. The Bertz CT molecular complexity index is 813. The maximum atomic E-state index is 13.2. The molecule has 0 spiro atoms. The molecule has 0 bridgehead atoms. The van der Waals surface area contributed by atoms with E-state index in [9.17, 15) is 9.18 Å².